The van der Waals surface area contributed by atoms with Crippen molar-refractivity contribution in [3.05, 3.63) is 52.3 Å². The first kappa shape index (κ1) is 17.6. The molecule has 1 heterocycles. The SMILES string of the molecule is CN(CC(C)(C)CN)C(=O)c1cnn(-c2ccc([N+](=O)[O-])cc2)c1. The van der Waals surface area contributed by atoms with E-state index in [0.29, 0.717) is 24.3 Å². The van der Waals surface area contributed by atoms with Gasteiger partial charge in [-0.1, -0.05) is 13.8 Å². The second kappa shape index (κ2) is 6.79. The molecule has 0 unspecified atom stereocenters. The van der Waals surface area contributed by atoms with Gasteiger partial charge < -0.3 is 10.6 Å². The molecular formula is C16H21N5O3. The van der Waals surface area contributed by atoms with Gasteiger partial charge in [-0.05, 0) is 24.1 Å². The van der Waals surface area contributed by atoms with Gasteiger partial charge in [0.25, 0.3) is 11.6 Å². The van der Waals surface area contributed by atoms with E-state index in [4.69, 9.17) is 5.73 Å². The summed E-state index contributed by atoms with van der Waals surface area (Å²) >= 11 is 0. The van der Waals surface area contributed by atoms with Crippen LogP contribution in [0.4, 0.5) is 5.69 Å². The summed E-state index contributed by atoms with van der Waals surface area (Å²) in [7, 11) is 1.73. The summed E-state index contributed by atoms with van der Waals surface area (Å²) in [6.07, 6.45) is 3.09. The number of aromatic nitrogens is 2. The van der Waals surface area contributed by atoms with E-state index in [1.165, 1.54) is 23.0 Å². The Morgan fingerprint density at radius 1 is 1.38 bits per heavy atom. The highest BCUT2D eigenvalue weighted by Gasteiger charge is 2.22. The summed E-state index contributed by atoms with van der Waals surface area (Å²) in [5, 5.41) is 14.8. The predicted octanol–water partition coefficient (Wildman–Crippen LogP) is 1.84. The first-order valence-corrected chi connectivity index (χ1v) is 7.48. The standard InChI is InChI=1S/C16H21N5O3/c1-16(2,10-17)11-19(3)15(22)12-8-18-20(9-12)13-4-6-14(7-5-13)21(23)24/h4-9H,10-11,17H2,1-3H3. The van der Waals surface area contributed by atoms with Crippen LogP contribution in [0.25, 0.3) is 5.69 Å². The van der Waals surface area contributed by atoms with Crippen molar-refractivity contribution < 1.29 is 9.72 Å². The molecule has 0 fully saturated rings. The summed E-state index contributed by atoms with van der Waals surface area (Å²) in [5.41, 5.74) is 6.63. The third-order valence-corrected chi connectivity index (χ3v) is 3.72. The largest absolute Gasteiger partial charge is 0.341 e. The van der Waals surface area contributed by atoms with Gasteiger partial charge in [0.1, 0.15) is 0 Å². The van der Waals surface area contributed by atoms with Crippen molar-refractivity contribution in [3.63, 3.8) is 0 Å². The predicted molar refractivity (Wildman–Crippen MR) is 90.0 cm³/mol. The minimum atomic E-state index is -0.462. The molecular weight excluding hydrogens is 310 g/mol. The average molecular weight is 331 g/mol. The lowest BCUT2D eigenvalue weighted by molar-refractivity contribution is -0.384. The first-order chi connectivity index (χ1) is 11.2. The Morgan fingerprint density at radius 3 is 2.54 bits per heavy atom. The maximum Gasteiger partial charge on any atom is 0.269 e. The van der Waals surface area contributed by atoms with Gasteiger partial charge in [0, 0.05) is 31.9 Å². The van der Waals surface area contributed by atoms with Crippen LogP contribution in [0.15, 0.2) is 36.7 Å². The summed E-state index contributed by atoms with van der Waals surface area (Å²) in [5.74, 6) is -0.148. The van der Waals surface area contributed by atoms with Crippen molar-refractivity contribution in [3.8, 4) is 5.69 Å². The molecule has 2 aromatic rings. The van der Waals surface area contributed by atoms with E-state index in [1.54, 1.807) is 30.3 Å². The molecule has 128 valence electrons. The molecule has 2 N–H and O–H groups in total. The molecule has 0 saturated heterocycles. The molecule has 1 aromatic heterocycles. The molecule has 8 heteroatoms. The Morgan fingerprint density at radius 2 is 2.00 bits per heavy atom. The lowest BCUT2D eigenvalue weighted by Crippen LogP contribution is -2.39. The molecule has 0 radical (unpaired) electrons. The second-order valence-electron chi connectivity index (χ2n) is 6.48. The van der Waals surface area contributed by atoms with Crippen LogP contribution >= 0.6 is 0 Å². The van der Waals surface area contributed by atoms with Gasteiger partial charge in [0.05, 0.1) is 22.4 Å². The lowest BCUT2D eigenvalue weighted by atomic mass is 9.93. The van der Waals surface area contributed by atoms with Crippen molar-refractivity contribution in [1.82, 2.24) is 14.7 Å². The number of benzene rings is 1. The van der Waals surface area contributed by atoms with E-state index in [1.807, 2.05) is 13.8 Å². The van der Waals surface area contributed by atoms with Gasteiger partial charge in [0.2, 0.25) is 0 Å². The molecule has 0 spiro atoms. The number of nitrogens with two attached hydrogens (primary N) is 1. The van der Waals surface area contributed by atoms with Gasteiger partial charge in [-0.15, -0.1) is 0 Å². The fraction of sp³-hybridized carbons (Fsp3) is 0.375. The Balaban J connectivity index is 2.15. The highest BCUT2D eigenvalue weighted by Crippen LogP contribution is 2.17. The number of amides is 1. The maximum absolute atomic E-state index is 12.5. The van der Waals surface area contributed by atoms with Gasteiger partial charge >= 0.3 is 0 Å². The first-order valence-electron chi connectivity index (χ1n) is 7.48. The smallest absolute Gasteiger partial charge is 0.269 e. The minimum absolute atomic E-state index is 0.00551. The molecule has 0 saturated carbocycles. The fourth-order valence-electron chi connectivity index (χ4n) is 2.30. The van der Waals surface area contributed by atoms with E-state index < -0.39 is 4.92 Å². The van der Waals surface area contributed by atoms with Crippen molar-refractivity contribution in [2.75, 3.05) is 20.1 Å². The normalized spacial score (nSPS) is 11.3. The number of hydrogen-bond donors (Lipinski definition) is 1. The van der Waals surface area contributed by atoms with Crippen LogP contribution in [0.2, 0.25) is 0 Å². The molecule has 0 aliphatic rings. The van der Waals surface area contributed by atoms with Crippen LogP contribution in [0.3, 0.4) is 0 Å². The van der Waals surface area contributed by atoms with Crippen molar-refractivity contribution >= 4 is 11.6 Å². The highest BCUT2D eigenvalue weighted by molar-refractivity contribution is 5.93. The van der Waals surface area contributed by atoms with Crippen LogP contribution < -0.4 is 5.73 Å². The van der Waals surface area contributed by atoms with Gasteiger partial charge in [-0.25, -0.2) is 4.68 Å². The van der Waals surface area contributed by atoms with Crippen molar-refractivity contribution in [2.45, 2.75) is 13.8 Å². The van der Waals surface area contributed by atoms with E-state index in [2.05, 4.69) is 5.10 Å². The van der Waals surface area contributed by atoms with E-state index in [-0.39, 0.29) is 17.0 Å². The van der Waals surface area contributed by atoms with Gasteiger partial charge in [0.15, 0.2) is 0 Å². The van der Waals surface area contributed by atoms with Crippen molar-refractivity contribution in [1.29, 1.82) is 0 Å². The number of rotatable bonds is 6. The zero-order valence-corrected chi connectivity index (χ0v) is 14.0. The summed E-state index contributed by atoms with van der Waals surface area (Å²) in [6, 6.07) is 5.96. The Labute approximate surface area is 140 Å². The molecule has 8 nitrogen and oxygen atoms in total. The molecule has 24 heavy (non-hydrogen) atoms. The average Bonchev–Trinajstić information content (AvgIpc) is 3.03. The molecule has 0 bridgehead atoms. The number of carbonyl (C=O) groups is 1. The Bertz CT molecular complexity index is 736. The molecule has 0 aliphatic carbocycles. The van der Waals surface area contributed by atoms with Crippen LogP contribution in [0.5, 0.6) is 0 Å². The third kappa shape index (κ3) is 3.96. The van der Waals surface area contributed by atoms with Crippen molar-refractivity contribution in [2.24, 2.45) is 11.1 Å². The fourth-order valence-corrected chi connectivity index (χ4v) is 2.30. The molecule has 2 rings (SSSR count). The van der Waals surface area contributed by atoms with Crippen LogP contribution in [-0.2, 0) is 0 Å². The number of nitro benzene ring substituents is 1. The van der Waals surface area contributed by atoms with E-state index >= 15 is 0 Å². The van der Waals surface area contributed by atoms with Gasteiger partial charge in [-0.3, -0.25) is 14.9 Å². The van der Waals surface area contributed by atoms with E-state index in [0.717, 1.165) is 0 Å². The zero-order valence-electron chi connectivity index (χ0n) is 14.0. The van der Waals surface area contributed by atoms with Crippen LogP contribution in [0.1, 0.15) is 24.2 Å². The number of carbonyl (C=O) groups excluding carboxylic acids is 1. The van der Waals surface area contributed by atoms with Gasteiger partial charge in [-0.2, -0.15) is 5.10 Å². The third-order valence-electron chi connectivity index (χ3n) is 3.72. The molecule has 1 amide bonds. The zero-order chi connectivity index (χ0) is 17.9. The minimum Gasteiger partial charge on any atom is -0.341 e. The molecule has 0 aliphatic heterocycles. The number of nitrogens with zero attached hydrogens (tertiary/aromatic N) is 4. The summed E-state index contributed by atoms with van der Waals surface area (Å²) < 4.78 is 1.51. The second-order valence-corrected chi connectivity index (χ2v) is 6.48. The quantitative estimate of drug-likeness (QED) is 0.642. The van der Waals surface area contributed by atoms with Crippen LogP contribution in [0, 0.1) is 15.5 Å². The highest BCUT2D eigenvalue weighted by atomic mass is 16.6. The summed E-state index contributed by atoms with van der Waals surface area (Å²) in [6.45, 7) is 5.01. The Kier molecular flexibility index (Phi) is 4.99. The number of nitro groups is 1. The molecule has 1 aromatic carbocycles. The topological polar surface area (TPSA) is 107 Å². The maximum atomic E-state index is 12.5. The lowest BCUT2D eigenvalue weighted by Gasteiger charge is -2.28. The molecule has 0 atom stereocenters. The van der Waals surface area contributed by atoms with Crippen LogP contribution in [-0.4, -0.2) is 45.6 Å². The van der Waals surface area contributed by atoms with E-state index in [9.17, 15) is 14.9 Å². The number of non-ortho nitro benzene ring substituents is 1. The number of hydrogen-bond acceptors (Lipinski definition) is 5. The monoisotopic (exact) mass is 331 g/mol. The summed E-state index contributed by atoms with van der Waals surface area (Å²) in [4.78, 5) is 24.3. The Hall–Kier alpha value is -2.74.